The van der Waals surface area contributed by atoms with Crippen molar-refractivity contribution in [3.05, 3.63) is 69.1 Å². The molecule has 6 nitrogen and oxygen atoms in total. The first-order valence-electron chi connectivity index (χ1n) is 10.3. The summed E-state index contributed by atoms with van der Waals surface area (Å²) in [5.74, 6) is -1.07. The molecule has 9 heteroatoms. The van der Waals surface area contributed by atoms with Crippen molar-refractivity contribution in [3.8, 4) is 0 Å². The molecule has 32 heavy (non-hydrogen) atoms. The number of amides is 2. The van der Waals surface area contributed by atoms with E-state index in [0.717, 1.165) is 12.1 Å². The monoisotopic (exact) mass is 451 g/mol. The third kappa shape index (κ3) is 6.21. The lowest BCUT2D eigenvalue weighted by molar-refractivity contribution is -0.137. The van der Waals surface area contributed by atoms with Crippen molar-refractivity contribution in [1.82, 2.24) is 14.8 Å². The number of nitrogens with one attached hydrogen (secondary N) is 1. The zero-order valence-electron chi connectivity index (χ0n) is 18.8. The summed E-state index contributed by atoms with van der Waals surface area (Å²) in [5.41, 5.74) is -1.68. The van der Waals surface area contributed by atoms with Crippen molar-refractivity contribution in [3.63, 3.8) is 0 Å². The Bertz CT molecular complexity index is 1040. The molecule has 0 bridgehead atoms. The van der Waals surface area contributed by atoms with Crippen molar-refractivity contribution in [2.75, 3.05) is 13.6 Å². The maximum atomic E-state index is 12.9. The molecule has 0 spiro atoms. The van der Waals surface area contributed by atoms with Gasteiger partial charge < -0.3 is 14.8 Å². The van der Waals surface area contributed by atoms with Gasteiger partial charge in [-0.3, -0.25) is 14.4 Å². The number of aromatic nitrogens is 1. The van der Waals surface area contributed by atoms with Gasteiger partial charge in [0.2, 0.25) is 5.43 Å². The fraction of sp³-hybridized carbons (Fsp3) is 0.435. The summed E-state index contributed by atoms with van der Waals surface area (Å²) >= 11 is 0. The van der Waals surface area contributed by atoms with E-state index in [1.807, 2.05) is 27.7 Å². The molecular formula is C23H28F3N3O3. The molecule has 0 fully saturated rings. The second kappa shape index (κ2) is 10.0. The van der Waals surface area contributed by atoms with E-state index in [-0.39, 0.29) is 35.2 Å². The van der Waals surface area contributed by atoms with Gasteiger partial charge in [-0.2, -0.15) is 13.2 Å². The average molecular weight is 451 g/mol. The lowest BCUT2D eigenvalue weighted by Crippen LogP contribution is -2.37. The Morgan fingerprint density at radius 3 is 2.28 bits per heavy atom. The Kier molecular flexibility index (Phi) is 7.87. The molecule has 1 heterocycles. The minimum absolute atomic E-state index is 0.131. The molecule has 1 N–H and O–H groups in total. The van der Waals surface area contributed by atoms with E-state index in [9.17, 15) is 27.6 Å². The van der Waals surface area contributed by atoms with Crippen LogP contribution in [0.5, 0.6) is 0 Å². The number of nitrogens with zero attached hydrogens (tertiary/aromatic N) is 2. The molecule has 2 aromatic rings. The second-order valence-electron chi connectivity index (χ2n) is 8.42. The van der Waals surface area contributed by atoms with Crippen LogP contribution in [0, 0.1) is 5.92 Å². The third-order valence-electron chi connectivity index (χ3n) is 4.81. The van der Waals surface area contributed by atoms with Gasteiger partial charge in [0.15, 0.2) is 0 Å². The van der Waals surface area contributed by atoms with Crippen molar-refractivity contribution in [2.45, 2.75) is 46.5 Å². The number of hydrogen-bond acceptors (Lipinski definition) is 3. The third-order valence-corrected chi connectivity index (χ3v) is 4.81. The summed E-state index contributed by atoms with van der Waals surface area (Å²) in [4.78, 5) is 40.0. The van der Waals surface area contributed by atoms with Gasteiger partial charge in [0.25, 0.3) is 11.8 Å². The number of pyridine rings is 1. The first kappa shape index (κ1) is 25.2. The number of hydrogen-bond donors (Lipinski definition) is 1. The lowest BCUT2D eigenvalue weighted by Gasteiger charge is -2.21. The Morgan fingerprint density at radius 2 is 1.72 bits per heavy atom. The van der Waals surface area contributed by atoms with Gasteiger partial charge >= 0.3 is 6.18 Å². The Balaban J connectivity index is 2.34. The van der Waals surface area contributed by atoms with Crippen molar-refractivity contribution >= 4 is 11.8 Å². The molecule has 0 aliphatic carbocycles. The number of rotatable bonds is 7. The normalized spacial score (nSPS) is 11.7. The summed E-state index contributed by atoms with van der Waals surface area (Å²) in [6.45, 7) is 7.78. The van der Waals surface area contributed by atoms with E-state index >= 15 is 0 Å². The van der Waals surface area contributed by atoms with Crippen LogP contribution in [0.2, 0.25) is 0 Å². The second-order valence-corrected chi connectivity index (χ2v) is 8.42. The van der Waals surface area contributed by atoms with E-state index in [4.69, 9.17) is 0 Å². The number of carbonyl (C=O) groups excluding carboxylic acids is 2. The van der Waals surface area contributed by atoms with Crippen molar-refractivity contribution in [2.24, 2.45) is 5.92 Å². The molecule has 174 valence electrons. The maximum Gasteiger partial charge on any atom is 0.416 e. The zero-order chi connectivity index (χ0) is 24.2. The van der Waals surface area contributed by atoms with Crippen LogP contribution in [0.1, 0.15) is 65.6 Å². The topological polar surface area (TPSA) is 71.4 Å². The SMILES string of the molecule is CC(C)CN(C)C(=O)c1cn(C(C)C)cc(C(=O)NCc2cccc(C(F)(F)F)c2)c1=O. The molecule has 0 aliphatic rings. The number of benzene rings is 1. The molecule has 2 rings (SSSR count). The Morgan fingerprint density at radius 1 is 1.09 bits per heavy atom. The smallest absolute Gasteiger partial charge is 0.350 e. The van der Waals surface area contributed by atoms with E-state index in [1.54, 1.807) is 11.6 Å². The molecule has 0 unspecified atom stereocenters. The maximum absolute atomic E-state index is 12.9. The van der Waals surface area contributed by atoms with Gasteiger partial charge in [-0.05, 0) is 37.5 Å². The average Bonchev–Trinajstić information content (AvgIpc) is 2.70. The fourth-order valence-corrected chi connectivity index (χ4v) is 3.18. The first-order chi connectivity index (χ1) is 14.8. The molecule has 1 aromatic carbocycles. The van der Waals surface area contributed by atoms with E-state index in [1.165, 1.54) is 29.4 Å². The van der Waals surface area contributed by atoms with Crippen molar-refractivity contribution < 1.29 is 22.8 Å². The Labute approximate surface area is 185 Å². The quantitative estimate of drug-likeness (QED) is 0.689. The summed E-state index contributed by atoms with van der Waals surface area (Å²) in [5, 5.41) is 2.48. The molecule has 0 atom stereocenters. The highest BCUT2D eigenvalue weighted by Gasteiger charge is 2.30. The minimum atomic E-state index is -4.50. The van der Waals surface area contributed by atoms with Gasteiger partial charge in [0.05, 0.1) is 5.56 Å². The predicted octanol–water partition coefficient (Wildman–Crippen LogP) is 4.11. The molecule has 0 saturated carbocycles. The van der Waals surface area contributed by atoms with Crippen LogP contribution in [-0.2, 0) is 12.7 Å². The lowest BCUT2D eigenvalue weighted by atomic mass is 10.1. The van der Waals surface area contributed by atoms with Crippen LogP contribution in [0.4, 0.5) is 13.2 Å². The number of alkyl halides is 3. The van der Waals surface area contributed by atoms with Gasteiger partial charge in [0.1, 0.15) is 11.1 Å². The van der Waals surface area contributed by atoms with E-state index < -0.39 is 29.0 Å². The largest absolute Gasteiger partial charge is 0.416 e. The standard InChI is InChI=1S/C23H28F3N3O3/c1-14(2)11-28(5)22(32)19-13-29(15(3)4)12-18(20(19)30)21(31)27-10-16-7-6-8-17(9-16)23(24,25)26/h6-9,12-15H,10-11H2,1-5H3,(H,27,31). The number of halogens is 3. The highest BCUT2D eigenvalue weighted by Crippen LogP contribution is 2.29. The minimum Gasteiger partial charge on any atom is -0.350 e. The van der Waals surface area contributed by atoms with Gasteiger partial charge in [-0.15, -0.1) is 0 Å². The van der Waals surface area contributed by atoms with Gasteiger partial charge in [-0.25, -0.2) is 0 Å². The first-order valence-corrected chi connectivity index (χ1v) is 10.3. The molecule has 0 saturated heterocycles. The van der Waals surface area contributed by atoms with E-state index in [2.05, 4.69) is 5.32 Å². The van der Waals surface area contributed by atoms with E-state index in [0.29, 0.717) is 6.54 Å². The van der Waals surface area contributed by atoms with Gasteiger partial charge in [0, 0.05) is 38.6 Å². The molecule has 0 radical (unpaired) electrons. The number of carbonyl (C=O) groups is 2. The molecule has 1 aromatic heterocycles. The predicted molar refractivity (Wildman–Crippen MR) is 115 cm³/mol. The Hall–Kier alpha value is -3.10. The fourth-order valence-electron chi connectivity index (χ4n) is 3.18. The summed E-state index contributed by atoms with van der Waals surface area (Å²) < 4.78 is 40.3. The summed E-state index contributed by atoms with van der Waals surface area (Å²) in [7, 11) is 1.59. The molecule has 2 amide bonds. The van der Waals surface area contributed by atoms with Crippen LogP contribution in [0.15, 0.2) is 41.5 Å². The van der Waals surface area contributed by atoms with Crippen molar-refractivity contribution in [1.29, 1.82) is 0 Å². The van der Waals surface area contributed by atoms with Crippen LogP contribution < -0.4 is 10.7 Å². The summed E-state index contributed by atoms with van der Waals surface area (Å²) in [6, 6.07) is 4.44. The van der Waals surface area contributed by atoms with Gasteiger partial charge in [-0.1, -0.05) is 26.0 Å². The van der Waals surface area contributed by atoms with Crippen LogP contribution >= 0.6 is 0 Å². The molecule has 0 aliphatic heterocycles. The van der Waals surface area contributed by atoms with Crippen LogP contribution in [0.25, 0.3) is 0 Å². The highest BCUT2D eigenvalue weighted by atomic mass is 19.4. The zero-order valence-corrected chi connectivity index (χ0v) is 18.8. The molecular weight excluding hydrogens is 423 g/mol. The summed E-state index contributed by atoms with van der Waals surface area (Å²) in [6.07, 6.45) is -1.72. The van der Waals surface area contributed by atoms with Crippen LogP contribution in [0.3, 0.4) is 0 Å². The van der Waals surface area contributed by atoms with Crippen LogP contribution in [-0.4, -0.2) is 34.9 Å². The highest BCUT2D eigenvalue weighted by molar-refractivity contribution is 5.99.